The summed E-state index contributed by atoms with van der Waals surface area (Å²) in [7, 11) is 0. The molecule has 3 rings (SSSR count). The molecule has 4 nitrogen and oxygen atoms in total. The van der Waals surface area contributed by atoms with Gasteiger partial charge in [0.05, 0.1) is 0 Å². The number of nitrogens with two attached hydrogens (primary N) is 1. The Morgan fingerprint density at radius 3 is 2.52 bits per heavy atom. The van der Waals surface area contributed by atoms with Gasteiger partial charge in [-0.1, -0.05) is 61.5 Å². The van der Waals surface area contributed by atoms with Gasteiger partial charge in [-0.15, -0.1) is 0 Å². The van der Waals surface area contributed by atoms with Crippen molar-refractivity contribution in [3.05, 3.63) is 71.3 Å². The lowest BCUT2D eigenvalue weighted by molar-refractivity contribution is -0.126. The van der Waals surface area contributed by atoms with E-state index < -0.39 is 5.54 Å². The second kappa shape index (κ2) is 8.68. The molecule has 2 aromatic carbocycles. The molecule has 144 valence electrons. The van der Waals surface area contributed by atoms with Gasteiger partial charge in [0.1, 0.15) is 5.54 Å². The summed E-state index contributed by atoms with van der Waals surface area (Å²) in [5, 5.41) is 3.04. The van der Waals surface area contributed by atoms with Gasteiger partial charge in [-0.2, -0.15) is 0 Å². The summed E-state index contributed by atoms with van der Waals surface area (Å²) in [4.78, 5) is 15.3. The largest absolute Gasteiger partial charge is 0.350 e. The van der Waals surface area contributed by atoms with Crippen molar-refractivity contribution in [3.8, 4) is 0 Å². The predicted octanol–water partition coefficient (Wildman–Crippen LogP) is 3.41. The van der Waals surface area contributed by atoms with Crippen LogP contribution in [-0.4, -0.2) is 23.9 Å². The number of carbonyl (C=O) groups excluding carboxylic acids is 1. The number of amides is 1. The van der Waals surface area contributed by atoms with E-state index in [1.165, 1.54) is 18.4 Å². The highest BCUT2D eigenvalue weighted by atomic mass is 16.2. The fourth-order valence-corrected chi connectivity index (χ4v) is 3.83. The van der Waals surface area contributed by atoms with Crippen molar-refractivity contribution in [2.45, 2.75) is 45.3 Å². The van der Waals surface area contributed by atoms with Gasteiger partial charge in [-0.3, -0.25) is 9.69 Å². The van der Waals surface area contributed by atoms with E-state index in [-0.39, 0.29) is 5.91 Å². The Kier molecular flexibility index (Phi) is 6.30. The van der Waals surface area contributed by atoms with Crippen LogP contribution in [-0.2, 0) is 23.4 Å². The lowest BCUT2D eigenvalue weighted by atomic mass is 9.92. The van der Waals surface area contributed by atoms with E-state index in [0.717, 1.165) is 36.7 Å². The number of benzene rings is 2. The number of nitrogens with zero attached hydrogens (tertiary/aromatic N) is 1. The number of piperidine rings is 1. The highest BCUT2D eigenvalue weighted by Gasteiger charge is 2.30. The standard InChI is InChI=1S/C23H31N3O/c1-18-9-8-14-26(16-18)17-20-11-7-6-10-19(20)15-25-22(27)23(2,24)21-12-4-3-5-13-21/h3-7,10-13,18H,8-9,14-17,24H2,1-2H3,(H,25,27). The summed E-state index contributed by atoms with van der Waals surface area (Å²) in [5.41, 5.74) is 8.55. The van der Waals surface area contributed by atoms with E-state index >= 15 is 0 Å². The molecule has 4 heteroatoms. The Hall–Kier alpha value is -2.17. The first-order valence-electron chi connectivity index (χ1n) is 9.88. The van der Waals surface area contributed by atoms with Crippen molar-refractivity contribution in [1.29, 1.82) is 0 Å². The minimum Gasteiger partial charge on any atom is -0.350 e. The van der Waals surface area contributed by atoms with Gasteiger partial charge in [0, 0.05) is 19.6 Å². The van der Waals surface area contributed by atoms with Gasteiger partial charge in [-0.25, -0.2) is 0 Å². The first kappa shape index (κ1) is 19.6. The number of rotatable bonds is 6. The zero-order valence-corrected chi connectivity index (χ0v) is 16.4. The molecule has 0 saturated carbocycles. The van der Waals surface area contributed by atoms with Crippen LogP contribution >= 0.6 is 0 Å². The fourth-order valence-electron chi connectivity index (χ4n) is 3.83. The second-order valence-corrected chi connectivity index (χ2v) is 8.00. The Labute approximate surface area is 162 Å². The lowest BCUT2D eigenvalue weighted by Gasteiger charge is -2.31. The summed E-state index contributed by atoms with van der Waals surface area (Å²) in [5.74, 6) is 0.601. The maximum Gasteiger partial charge on any atom is 0.244 e. The summed E-state index contributed by atoms with van der Waals surface area (Å²) < 4.78 is 0. The van der Waals surface area contributed by atoms with Gasteiger partial charge < -0.3 is 11.1 Å². The van der Waals surface area contributed by atoms with E-state index in [0.29, 0.717) is 6.54 Å². The van der Waals surface area contributed by atoms with Crippen molar-refractivity contribution < 1.29 is 4.79 Å². The highest BCUT2D eigenvalue weighted by Crippen LogP contribution is 2.21. The molecule has 2 unspecified atom stereocenters. The van der Waals surface area contributed by atoms with Crippen LogP contribution in [0.15, 0.2) is 54.6 Å². The zero-order chi connectivity index (χ0) is 19.3. The first-order valence-corrected chi connectivity index (χ1v) is 9.88. The molecule has 0 radical (unpaired) electrons. The minimum absolute atomic E-state index is 0.157. The number of nitrogens with one attached hydrogen (secondary N) is 1. The van der Waals surface area contributed by atoms with Gasteiger partial charge in [0.15, 0.2) is 0 Å². The zero-order valence-electron chi connectivity index (χ0n) is 16.4. The van der Waals surface area contributed by atoms with Crippen LogP contribution in [0, 0.1) is 5.92 Å². The molecule has 1 fully saturated rings. The molecule has 3 N–H and O–H groups in total. The molecule has 0 bridgehead atoms. The SMILES string of the molecule is CC1CCCN(Cc2ccccc2CNC(=O)C(C)(N)c2ccccc2)C1. The Morgan fingerprint density at radius 2 is 1.81 bits per heavy atom. The molecule has 1 heterocycles. The van der Waals surface area contributed by atoms with Crippen LogP contribution in [0.5, 0.6) is 0 Å². The summed E-state index contributed by atoms with van der Waals surface area (Å²) in [6, 6.07) is 17.9. The third-order valence-electron chi connectivity index (χ3n) is 5.54. The molecule has 0 aliphatic carbocycles. The molecule has 1 aliphatic rings. The lowest BCUT2D eigenvalue weighted by Crippen LogP contribution is -2.48. The molecule has 0 aromatic heterocycles. The second-order valence-electron chi connectivity index (χ2n) is 8.00. The maximum atomic E-state index is 12.7. The van der Waals surface area contributed by atoms with E-state index in [9.17, 15) is 4.79 Å². The quantitative estimate of drug-likeness (QED) is 0.825. The van der Waals surface area contributed by atoms with E-state index in [1.807, 2.05) is 36.4 Å². The fraction of sp³-hybridized carbons (Fsp3) is 0.435. The molecule has 1 saturated heterocycles. The van der Waals surface area contributed by atoms with Gasteiger partial charge in [0.25, 0.3) is 0 Å². The van der Waals surface area contributed by atoms with Crippen LogP contribution in [0.1, 0.15) is 43.4 Å². The Morgan fingerprint density at radius 1 is 1.15 bits per heavy atom. The van der Waals surface area contributed by atoms with Gasteiger partial charge in [0.2, 0.25) is 5.91 Å². The predicted molar refractivity (Wildman–Crippen MR) is 110 cm³/mol. The third kappa shape index (κ3) is 4.96. The molecule has 1 amide bonds. The van der Waals surface area contributed by atoms with E-state index in [4.69, 9.17) is 5.73 Å². The Balaban J connectivity index is 1.65. The van der Waals surface area contributed by atoms with Gasteiger partial charge in [-0.05, 0) is 48.9 Å². The summed E-state index contributed by atoms with van der Waals surface area (Å²) in [6.45, 7) is 7.82. The minimum atomic E-state index is -1.04. The average molecular weight is 366 g/mol. The van der Waals surface area contributed by atoms with Gasteiger partial charge >= 0.3 is 0 Å². The smallest absolute Gasteiger partial charge is 0.244 e. The maximum absolute atomic E-state index is 12.7. The van der Waals surface area contributed by atoms with E-state index in [1.54, 1.807) is 6.92 Å². The molecule has 1 aliphatic heterocycles. The van der Waals surface area contributed by atoms with Crippen LogP contribution < -0.4 is 11.1 Å². The van der Waals surface area contributed by atoms with Crippen molar-refractivity contribution in [2.24, 2.45) is 11.7 Å². The van der Waals surface area contributed by atoms with Crippen molar-refractivity contribution in [2.75, 3.05) is 13.1 Å². The van der Waals surface area contributed by atoms with Crippen LogP contribution in [0.2, 0.25) is 0 Å². The molecule has 2 atom stereocenters. The summed E-state index contributed by atoms with van der Waals surface area (Å²) >= 11 is 0. The normalized spacial score (nSPS) is 20.0. The molecule has 2 aromatic rings. The van der Waals surface area contributed by atoms with Crippen LogP contribution in [0.3, 0.4) is 0 Å². The van der Waals surface area contributed by atoms with Crippen LogP contribution in [0.4, 0.5) is 0 Å². The van der Waals surface area contributed by atoms with Crippen molar-refractivity contribution in [3.63, 3.8) is 0 Å². The van der Waals surface area contributed by atoms with E-state index in [2.05, 4.69) is 35.3 Å². The Bertz CT molecular complexity index is 757. The number of hydrogen-bond acceptors (Lipinski definition) is 3. The topological polar surface area (TPSA) is 58.4 Å². The first-order chi connectivity index (χ1) is 13.0. The third-order valence-corrected chi connectivity index (χ3v) is 5.54. The summed E-state index contributed by atoms with van der Waals surface area (Å²) in [6.07, 6.45) is 2.59. The number of hydrogen-bond donors (Lipinski definition) is 2. The highest BCUT2D eigenvalue weighted by molar-refractivity contribution is 5.86. The average Bonchev–Trinajstić information content (AvgIpc) is 2.68. The van der Waals surface area contributed by atoms with Crippen LogP contribution in [0.25, 0.3) is 0 Å². The molecular weight excluding hydrogens is 334 g/mol. The number of carbonyl (C=O) groups is 1. The van der Waals surface area contributed by atoms with Crippen molar-refractivity contribution in [1.82, 2.24) is 10.2 Å². The van der Waals surface area contributed by atoms with Crippen molar-refractivity contribution >= 4 is 5.91 Å². The monoisotopic (exact) mass is 365 g/mol. The number of likely N-dealkylation sites (tertiary alicyclic amines) is 1. The molecular formula is C23H31N3O. The molecule has 0 spiro atoms. The molecule has 27 heavy (non-hydrogen) atoms.